The topological polar surface area (TPSA) is 17.3 Å². The Bertz CT molecular complexity index is 292. The third-order valence-corrected chi connectivity index (χ3v) is 1.98. The Hall–Kier alpha value is -0.830. The van der Waals surface area contributed by atoms with Crippen molar-refractivity contribution in [3.63, 3.8) is 0 Å². The lowest BCUT2D eigenvalue weighted by Gasteiger charge is -1.73. The SMILES string of the molecule is Cc1cc2ccsn2n1. The molecule has 0 N–H and O–H groups in total. The monoisotopic (exact) mass is 138 g/mol. The van der Waals surface area contributed by atoms with Gasteiger partial charge in [-0.1, -0.05) is 0 Å². The van der Waals surface area contributed by atoms with Crippen molar-refractivity contribution in [2.45, 2.75) is 6.92 Å². The zero-order chi connectivity index (χ0) is 6.27. The van der Waals surface area contributed by atoms with Crippen LogP contribution in [0, 0.1) is 6.92 Å². The average Bonchev–Trinajstić information content (AvgIpc) is 2.22. The lowest BCUT2D eigenvalue weighted by Crippen LogP contribution is -1.74. The molecule has 0 saturated carbocycles. The van der Waals surface area contributed by atoms with Crippen LogP contribution < -0.4 is 0 Å². The summed E-state index contributed by atoms with van der Waals surface area (Å²) in [6, 6.07) is 4.13. The number of nitrogens with zero attached hydrogens (tertiary/aromatic N) is 2. The number of aryl methyl sites for hydroxylation is 1. The molecule has 9 heavy (non-hydrogen) atoms. The normalized spacial score (nSPS) is 10.8. The molecule has 3 heteroatoms. The summed E-state index contributed by atoms with van der Waals surface area (Å²) < 4.78 is 1.91. The predicted molar refractivity (Wildman–Crippen MR) is 37.8 cm³/mol. The minimum absolute atomic E-state index is 1.09. The molecule has 0 unspecified atom stereocenters. The van der Waals surface area contributed by atoms with Crippen LogP contribution in [0.3, 0.4) is 0 Å². The molecule has 2 aromatic rings. The lowest BCUT2D eigenvalue weighted by atomic mass is 10.4. The molecule has 0 amide bonds. The lowest BCUT2D eigenvalue weighted by molar-refractivity contribution is 1.02. The van der Waals surface area contributed by atoms with Gasteiger partial charge in [-0.2, -0.15) is 9.00 Å². The molecule has 0 spiro atoms. The molecule has 46 valence electrons. The van der Waals surface area contributed by atoms with E-state index < -0.39 is 0 Å². The van der Waals surface area contributed by atoms with Gasteiger partial charge in [0.25, 0.3) is 0 Å². The minimum atomic E-state index is 1.09. The second-order valence-electron chi connectivity index (χ2n) is 1.99. The van der Waals surface area contributed by atoms with Crippen molar-refractivity contribution in [2.75, 3.05) is 0 Å². The van der Waals surface area contributed by atoms with Crippen molar-refractivity contribution in [2.24, 2.45) is 0 Å². The van der Waals surface area contributed by atoms with E-state index in [0.29, 0.717) is 0 Å². The van der Waals surface area contributed by atoms with E-state index in [2.05, 4.69) is 17.2 Å². The maximum absolute atomic E-state index is 4.21. The van der Waals surface area contributed by atoms with E-state index in [1.165, 1.54) is 5.52 Å². The van der Waals surface area contributed by atoms with Crippen molar-refractivity contribution >= 4 is 17.0 Å². The van der Waals surface area contributed by atoms with Gasteiger partial charge >= 0.3 is 0 Å². The molecule has 0 radical (unpaired) electrons. The number of rotatable bonds is 0. The summed E-state index contributed by atoms with van der Waals surface area (Å²) >= 11 is 1.61. The summed E-state index contributed by atoms with van der Waals surface area (Å²) in [5.41, 5.74) is 2.28. The highest BCUT2D eigenvalue weighted by atomic mass is 32.1. The Morgan fingerprint density at radius 3 is 3.33 bits per heavy atom. The van der Waals surface area contributed by atoms with E-state index in [-0.39, 0.29) is 0 Å². The van der Waals surface area contributed by atoms with Crippen LogP contribution in [0.1, 0.15) is 5.69 Å². The van der Waals surface area contributed by atoms with Crippen LogP contribution in [0.4, 0.5) is 0 Å². The number of hydrogen-bond acceptors (Lipinski definition) is 2. The first-order chi connectivity index (χ1) is 4.36. The summed E-state index contributed by atoms with van der Waals surface area (Å²) in [5.74, 6) is 0. The molecule has 0 aliphatic heterocycles. The quantitative estimate of drug-likeness (QED) is 0.541. The van der Waals surface area contributed by atoms with Crippen molar-refractivity contribution < 1.29 is 0 Å². The molecule has 0 aliphatic carbocycles. The van der Waals surface area contributed by atoms with Gasteiger partial charge in [-0.25, -0.2) is 0 Å². The first-order valence-corrected chi connectivity index (χ1v) is 3.60. The molecule has 2 rings (SSSR count). The Balaban J connectivity index is 2.92. The molecule has 0 fully saturated rings. The summed E-state index contributed by atoms with van der Waals surface area (Å²) in [6.07, 6.45) is 0. The van der Waals surface area contributed by atoms with Crippen molar-refractivity contribution in [1.29, 1.82) is 0 Å². The molecule has 0 saturated heterocycles. The Morgan fingerprint density at radius 2 is 2.56 bits per heavy atom. The fourth-order valence-electron chi connectivity index (χ4n) is 0.853. The highest BCUT2D eigenvalue weighted by molar-refractivity contribution is 7.04. The van der Waals surface area contributed by atoms with Gasteiger partial charge in [0, 0.05) is 5.38 Å². The van der Waals surface area contributed by atoms with Crippen LogP contribution in [0.25, 0.3) is 5.52 Å². The summed E-state index contributed by atoms with van der Waals surface area (Å²) in [4.78, 5) is 0. The van der Waals surface area contributed by atoms with E-state index in [4.69, 9.17) is 0 Å². The molecule has 2 heterocycles. The van der Waals surface area contributed by atoms with Crippen LogP contribution in [0.2, 0.25) is 0 Å². The number of hydrogen-bond donors (Lipinski definition) is 0. The van der Waals surface area contributed by atoms with Crippen LogP contribution in [-0.2, 0) is 0 Å². The van der Waals surface area contributed by atoms with Gasteiger partial charge in [0.2, 0.25) is 0 Å². The average molecular weight is 138 g/mol. The van der Waals surface area contributed by atoms with Gasteiger partial charge in [0.1, 0.15) is 0 Å². The number of fused-ring (bicyclic) bond motifs is 1. The van der Waals surface area contributed by atoms with Gasteiger partial charge in [0.15, 0.2) is 0 Å². The third kappa shape index (κ3) is 0.650. The van der Waals surface area contributed by atoms with E-state index in [0.717, 1.165) is 5.69 Å². The second-order valence-corrected chi connectivity index (χ2v) is 2.82. The maximum atomic E-state index is 4.21. The fraction of sp³-hybridized carbons (Fsp3) is 0.167. The van der Waals surface area contributed by atoms with E-state index in [1.807, 2.05) is 16.2 Å². The summed E-state index contributed by atoms with van der Waals surface area (Å²) in [6.45, 7) is 2.00. The Labute approximate surface area is 56.9 Å². The van der Waals surface area contributed by atoms with E-state index in [9.17, 15) is 0 Å². The molecule has 0 atom stereocenters. The van der Waals surface area contributed by atoms with Gasteiger partial charge in [-0.05, 0) is 30.6 Å². The van der Waals surface area contributed by atoms with Crippen LogP contribution >= 0.6 is 11.5 Å². The first kappa shape index (κ1) is 4.99. The highest BCUT2D eigenvalue weighted by Gasteiger charge is 1.94. The molecule has 0 aromatic carbocycles. The summed E-state index contributed by atoms with van der Waals surface area (Å²) in [5, 5.41) is 6.24. The smallest absolute Gasteiger partial charge is 0.0794 e. The molecule has 2 aromatic heterocycles. The van der Waals surface area contributed by atoms with Gasteiger partial charge in [-0.3, -0.25) is 0 Å². The standard InChI is InChI=1S/C6H6N2S/c1-5-4-6-2-3-9-8(6)7-5/h2-4H,1H3. The molecular formula is C6H6N2S. The fourth-order valence-corrected chi connectivity index (χ4v) is 1.58. The Morgan fingerprint density at radius 1 is 1.67 bits per heavy atom. The zero-order valence-electron chi connectivity index (χ0n) is 5.03. The minimum Gasteiger partial charge on any atom is -0.187 e. The van der Waals surface area contributed by atoms with Crippen LogP contribution in [0.5, 0.6) is 0 Å². The van der Waals surface area contributed by atoms with Crippen LogP contribution in [0.15, 0.2) is 17.5 Å². The maximum Gasteiger partial charge on any atom is 0.0794 e. The van der Waals surface area contributed by atoms with Crippen molar-refractivity contribution in [1.82, 2.24) is 9.00 Å². The predicted octanol–water partition coefficient (Wildman–Crippen LogP) is 1.70. The van der Waals surface area contributed by atoms with Crippen molar-refractivity contribution in [3.05, 3.63) is 23.2 Å². The molecule has 0 bridgehead atoms. The third-order valence-electron chi connectivity index (χ3n) is 1.23. The van der Waals surface area contributed by atoms with Gasteiger partial charge in [0.05, 0.1) is 11.2 Å². The van der Waals surface area contributed by atoms with Crippen molar-refractivity contribution in [3.8, 4) is 0 Å². The number of aromatic nitrogens is 2. The van der Waals surface area contributed by atoms with Crippen LogP contribution in [-0.4, -0.2) is 9.00 Å². The largest absolute Gasteiger partial charge is 0.187 e. The highest BCUT2D eigenvalue weighted by Crippen LogP contribution is 2.08. The first-order valence-electron chi connectivity index (χ1n) is 2.76. The molecular weight excluding hydrogens is 132 g/mol. The van der Waals surface area contributed by atoms with Gasteiger partial charge in [-0.15, -0.1) is 0 Å². The van der Waals surface area contributed by atoms with Gasteiger partial charge < -0.3 is 0 Å². The van der Waals surface area contributed by atoms with E-state index in [1.54, 1.807) is 11.5 Å². The van der Waals surface area contributed by atoms with E-state index >= 15 is 0 Å². The molecule has 0 aliphatic rings. The summed E-state index contributed by atoms with van der Waals surface area (Å²) in [7, 11) is 0. The molecule has 2 nitrogen and oxygen atoms in total. The Kier molecular flexibility index (Phi) is 0.873. The second kappa shape index (κ2) is 1.57. The zero-order valence-corrected chi connectivity index (χ0v) is 5.85.